The molecule has 1 saturated heterocycles. The molecule has 2 fully saturated rings. The van der Waals surface area contributed by atoms with Crippen LogP contribution in [0.5, 0.6) is 0 Å². The normalized spacial score (nSPS) is 20.3. The number of anilines is 1. The van der Waals surface area contributed by atoms with Crippen molar-refractivity contribution in [3.05, 3.63) is 52.1 Å². The van der Waals surface area contributed by atoms with Crippen LogP contribution >= 0.6 is 23.1 Å². The monoisotopic (exact) mass is 492 g/mol. The second-order valence-electron chi connectivity index (χ2n) is 9.47. The smallest absolute Gasteiger partial charge is 0.237 e. The molecule has 2 aliphatic rings. The summed E-state index contributed by atoms with van der Waals surface area (Å²) in [5.41, 5.74) is 6.78. The molecule has 2 atom stereocenters. The summed E-state index contributed by atoms with van der Waals surface area (Å²) in [7, 11) is 0. The first-order valence-electron chi connectivity index (χ1n) is 11.8. The first-order valence-corrected chi connectivity index (χ1v) is 13.6. The Morgan fingerprint density at radius 1 is 1.06 bits per heavy atom. The number of benzene rings is 2. The van der Waals surface area contributed by atoms with E-state index in [2.05, 4.69) is 13.0 Å². The molecule has 176 valence electrons. The molecular weight excluding hydrogens is 464 g/mol. The van der Waals surface area contributed by atoms with Gasteiger partial charge in [0.15, 0.2) is 10.1 Å². The minimum Gasteiger partial charge on any atom is -0.294 e. The van der Waals surface area contributed by atoms with E-state index in [1.807, 2.05) is 32.0 Å². The molecule has 0 bridgehead atoms. The van der Waals surface area contributed by atoms with Gasteiger partial charge in [-0.25, -0.2) is 4.98 Å². The zero-order valence-electron chi connectivity index (χ0n) is 19.9. The van der Waals surface area contributed by atoms with Crippen LogP contribution in [0.2, 0.25) is 0 Å². The van der Waals surface area contributed by atoms with Crippen molar-refractivity contribution in [1.29, 1.82) is 0 Å². The van der Waals surface area contributed by atoms with E-state index < -0.39 is 0 Å². The number of imide groups is 1. The van der Waals surface area contributed by atoms with Gasteiger partial charge in [0.25, 0.3) is 0 Å². The summed E-state index contributed by atoms with van der Waals surface area (Å²) >= 11 is 3.24. The number of hydrogen-bond donors (Lipinski definition) is 0. The van der Waals surface area contributed by atoms with Gasteiger partial charge in [-0.05, 0) is 81.0 Å². The Morgan fingerprint density at radius 3 is 2.38 bits per heavy atom. The fourth-order valence-corrected chi connectivity index (χ4v) is 7.92. The molecule has 0 N–H and O–H groups in total. The predicted octanol–water partition coefficient (Wildman–Crippen LogP) is 6.40. The fourth-order valence-electron chi connectivity index (χ4n) is 5.63. The highest BCUT2D eigenvalue weighted by Crippen LogP contribution is 2.41. The van der Waals surface area contributed by atoms with Crippen LogP contribution in [-0.2, 0) is 15.3 Å². The van der Waals surface area contributed by atoms with Gasteiger partial charge >= 0.3 is 0 Å². The van der Waals surface area contributed by atoms with E-state index in [1.165, 1.54) is 16.0 Å². The number of fused-ring (bicyclic) bond motifs is 2. The SMILES string of the molecule is CC(=O)c1c(C)cc(C)c(CSc2nc3ccc(N4C(=O)[C@@H]5CCCC[C@H]5C4=O)cc3s2)c1C. The molecule has 3 aromatic rings. The van der Waals surface area contributed by atoms with Gasteiger partial charge in [0.1, 0.15) is 0 Å². The molecule has 2 amide bonds. The highest BCUT2D eigenvalue weighted by atomic mass is 32.2. The third-order valence-electron chi connectivity index (χ3n) is 7.27. The second kappa shape index (κ2) is 8.93. The molecule has 7 heteroatoms. The van der Waals surface area contributed by atoms with Crippen molar-refractivity contribution in [3.63, 3.8) is 0 Å². The third-order valence-corrected chi connectivity index (χ3v) is 9.46. The van der Waals surface area contributed by atoms with Gasteiger partial charge in [-0.3, -0.25) is 19.3 Å². The number of Topliss-reactive ketones (excluding diaryl/α,β-unsaturated/α-hetero) is 1. The van der Waals surface area contributed by atoms with Gasteiger partial charge in [-0.15, -0.1) is 11.3 Å². The summed E-state index contributed by atoms with van der Waals surface area (Å²) in [6.45, 7) is 7.73. The molecular formula is C27H28N2O3S2. The first kappa shape index (κ1) is 23.2. The predicted molar refractivity (Wildman–Crippen MR) is 138 cm³/mol. The van der Waals surface area contributed by atoms with Crippen molar-refractivity contribution >= 4 is 56.6 Å². The van der Waals surface area contributed by atoms with Crippen molar-refractivity contribution in [2.24, 2.45) is 11.8 Å². The standard InChI is InChI=1S/C27H28N2O3S2/c1-14-11-15(2)24(17(4)30)16(3)21(14)13-33-27-28-22-10-9-18(12-23(22)34-27)29-25(31)19-7-5-6-8-20(19)26(29)32/h9-12,19-20H,5-8,13H2,1-4H3/t19-,20-/m1/s1. The molecule has 0 unspecified atom stereocenters. The maximum absolute atomic E-state index is 13.0. The fraction of sp³-hybridized carbons (Fsp3) is 0.407. The van der Waals surface area contributed by atoms with Crippen LogP contribution in [0, 0.1) is 32.6 Å². The van der Waals surface area contributed by atoms with Gasteiger partial charge in [-0.1, -0.05) is 30.7 Å². The summed E-state index contributed by atoms with van der Waals surface area (Å²) < 4.78 is 1.90. The average molecular weight is 493 g/mol. The molecule has 2 heterocycles. The summed E-state index contributed by atoms with van der Waals surface area (Å²) in [5.74, 6) is 0.451. The topological polar surface area (TPSA) is 67.3 Å². The molecule has 34 heavy (non-hydrogen) atoms. The Balaban J connectivity index is 1.39. The van der Waals surface area contributed by atoms with E-state index >= 15 is 0 Å². The number of thiazole rings is 1. The van der Waals surface area contributed by atoms with Gasteiger partial charge in [0.05, 0.1) is 27.7 Å². The quantitative estimate of drug-likeness (QED) is 0.234. The lowest BCUT2D eigenvalue weighted by molar-refractivity contribution is -0.122. The summed E-state index contributed by atoms with van der Waals surface area (Å²) in [4.78, 5) is 44.3. The number of ketones is 1. The van der Waals surface area contributed by atoms with Crippen molar-refractivity contribution in [2.45, 2.75) is 63.5 Å². The highest BCUT2D eigenvalue weighted by molar-refractivity contribution is 8.00. The molecule has 2 aromatic carbocycles. The van der Waals surface area contributed by atoms with E-state index in [9.17, 15) is 14.4 Å². The van der Waals surface area contributed by atoms with Crippen molar-refractivity contribution in [3.8, 4) is 0 Å². The molecule has 0 spiro atoms. The molecule has 5 nitrogen and oxygen atoms in total. The van der Waals surface area contributed by atoms with Crippen LogP contribution < -0.4 is 4.90 Å². The lowest BCUT2D eigenvalue weighted by Crippen LogP contribution is -2.30. The van der Waals surface area contributed by atoms with Gasteiger partial charge in [0, 0.05) is 11.3 Å². The van der Waals surface area contributed by atoms with E-state index in [0.717, 1.165) is 62.7 Å². The van der Waals surface area contributed by atoms with Crippen LogP contribution in [0.3, 0.4) is 0 Å². The van der Waals surface area contributed by atoms with Crippen molar-refractivity contribution < 1.29 is 14.4 Å². The number of rotatable bonds is 5. The average Bonchev–Trinajstić information content (AvgIpc) is 3.31. The molecule has 5 rings (SSSR count). The Morgan fingerprint density at radius 2 is 1.74 bits per heavy atom. The lowest BCUT2D eigenvalue weighted by atomic mass is 9.81. The number of amides is 2. The van der Waals surface area contributed by atoms with E-state index in [1.54, 1.807) is 30.0 Å². The zero-order chi connectivity index (χ0) is 24.1. The Labute approximate surface area is 207 Å². The lowest BCUT2D eigenvalue weighted by Gasteiger charge is -2.19. The van der Waals surface area contributed by atoms with Crippen molar-refractivity contribution in [2.75, 3.05) is 4.90 Å². The summed E-state index contributed by atoms with van der Waals surface area (Å²) in [6.07, 6.45) is 3.68. The maximum atomic E-state index is 13.0. The molecule has 1 aliphatic heterocycles. The van der Waals surface area contributed by atoms with Gasteiger partial charge in [-0.2, -0.15) is 0 Å². The van der Waals surface area contributed by atoms with Crippen LogP contribution in [-0.4, -0.2) is 22.6 Å². The van der Waals surface area contributed by atoms with E-state index in [4.69, 9.17) is 4.98 Å². The second-order valence-corrected chi connectivity index (χ2v) is 11.7. The van der Waals surface area contributed by atoms with Crippen LogP contribution in [0.15, 0.2) is 28.6 Å². The van der Waals surface area contributed by atoms with Gasteiger partial charge < -0.3 is 0 Å². The molecule has 0 radical (unpaired) electrons. The van der Waals surface area contributed by atoms with Crippen LogP contribution in [0.25, 0.3) is 10.2 Å². The van der Waals surface area contributed by atoms with E-state index in [0.29, 0.717) is 5.69 Å². The number of hydrogen-bond acceptors (Lipinski definition) is 6. The largest absolute Gasteiger partial charge is 0.294 e. The zero-order valence-corrected chi connectivity index (χ0v) is 21.6. The van der Waals surface area contributed by atoms with Crippen LogP contribution in [0.1, 0.15) is 65.2 Å². The minimum absolute atomic E-state index is 0.0419. The van der Waals surface area contributed by atoms with E-state index in [-0.39, 0.29) is 29.4 Å². The highest BCUT2D eigenvalue weighted by Gasteiger charge is 2.48. The summed E-state index contributed by atoms with van der Waals surface area (Å²) in [5, 5.41) is 0. The number of carbonyl (C=O) groups excluding carboxylic acids is 3. The Hall–Kier alpha value is -2.51. The summed E-state index contributed by atoms with van der Waals surface area (Å²) in [6, 6.07) is 7.77. The number of nitrogens with zero attached hydrogens (tertiary/aromatic N) is 2. The Kier molecular flexibility index (Phi) is 6.10. The first-order chi connectivity index (χ1) is 16.3. The number of aryl methyl sites for hydroxylation is 2. The van der Waals surface area contributed by atoms with Gasteiger partial charge in [0.2, 0.25) is 11.8 Å². The number of aromatic nitrogens is 1. The minimum atomic E-state index is -0.148. The molecule has 1 aromatic heterocycles. The Bertz CT molecular complexity index is 1320. The third kappa shape index (κ3) is 3.89. The maximum Gasteiger partial charge on any atom is 0.237 e. The van der Waals surface area contributed by atoms with Crippen molar-refractivity contribution in [1.82, 2.24) is 4.98 Å². The molecule has 1 aliphatic carbocycles. The van der Waals surface area contributed by atoms with Crippen LogP contribution in [0.4, 0.5) is 5.69 Å². The number of carbonyl (C=O) groups is 3. The number of thioether (sulfide) groups is 1. The molecule has 1 saturated carbocycles.